The Morgan fingerprint density at radius 3 is 2.03 bits per heavy atom. The molecule has 1 N–H and O–H groups in total. The van der Waals surface area contributed by atoms with Crippen LogP contribution in [0, 0.1) is 0 Å². The Bertz CT molecular complexity index is 1220. The maximum absolute atomic E-state index is 13.4. The lowest BCUT2D eigenvalue weighted by molar-refractivity contribution is -0.119. The summed E-state index contributed by atoms with van der Waals surface area (Å²) >= 11 is 0. The lowest BCUT2D eigenvalue weighted by atomic mass is 10.1. The van der Waals surface area contributed by atoms with Crippen molar-refractivity contribution in [2.75, 3.05) is 28.8 Å². The molecule has 3 rings (SSSR count). The summed E-state index contributed by atoms with van der Waals surface area (Å²) in [4.78, 5) is 15.1. The third-order valence-electron chi connectivity index (χ3n) is 5.68. The monoisotopic (exact) mass is 492 g/mol. The van der Waals surface area contributed by atoms with E-state index in [0.29, 0.717) is 5.69 Å². The first-order valence-electron chi connectivity index (χ1n) is 11.7. The highest BCUT2D eigenvalue weighted by Gasteiger charge is 2.27. The summed E-state index contributed by atoms with van der Waals surface area (Å²) in [5, 5.41) is 4.03. The zero-order valence-corrected chi connectivity index (χ0v) is 21.2. The predicted molar refractivity (Wildman–Crippen MR) is 143 cm³/mol. The number of carbonyl (C=O) groups is 1. The Balaban J connectivity index is 1.75. The molecule has 0 atom stereocenters. The molecule has 8 heteroatoms. The Labute approximate surface area is 208 Å². The number of nitrogens with zero attached hydrogens (tertiary/aromatic N) is 3. The number of hydrogen-bond donors (Lipinski definition) is 1. The fraction of sp³-hybridized carbons (Fsp3) is 0.259. The van der Waals surface area contributed by atoms with Crippen molar-refractivity contribution in [3.63, 3.8) is 0 Å². The third-order valence-corrected chi connectivity index (χ3v) is 7.46. The highest BCUT2D eigenvalue weighted by Crippen LogP contribution is 2.24. The SMILES string of the molecule is CCc1ccc(N(CC(=O)N/N=C\c2ccc(N(CC)CC)cc2)S(=O)(=O)c2ccccc2)cc1. The van der Waals surface area contributed by atoms with Crippen LogP contribution in [0.3, 0.4) is 0 Å². The van der Waals surface area contributed by atoms with Crippen LogP contribution in [0.5, 0.6) is 0 Å². The van der Waals surface area contributed by atoms with Crippen LogP contribution in [0.15, 0.2) is 88.9 Å². The van der Waals surface area contributed by atoms with Gasteiger partial charge in [0.25, 0.3) is 15.9 Å². The molecule has 0 aliphatic carbocycles. The minimum atomic E-state index is -3.95. The van der Waals surface area contributed by atoms with Crippen molar-refractivity contribution in [2.24, 2.45) is 5.10 Å². The number of aryl methyl sites for hydroxylation is 1. The van der Waals surface area contributed by atoms with Gasteiger partial charge in [-0.1, -0.05) is 49.4 Å². The van der Waals surface area contributed by atoms with Gasteiger partial charge < -0.3 is 4.90 Å². The summed E-state index contributed by atoms with van der Waals surface area (Å²) in [6, 6.07) is 23.1. The van der Waals surface area contributed by atoms with Gasteiger partial charge >= 0.3 is 0 Å². The van der Waals surface area contributed by atoms with Gasteiger partial charge in [-0.2, -0.15) is 5.10 Å². The highest BCUT2D eigenvalue weighted by molar-refractivity contribution is 7.92. The van der Waals surface area contributed by atoms with Crippen LogP contribution in [-0.4, -0.2) is 40.2 Å². The zero-order chi connectivity index (χ0) is 25.3. The normalized spacial score (nSPS) is 11.4. The van der Waals surface area contributed by atoms with E-state index in [4.69, 9.17) is 0 Å². The van der Waals surface area contributed by atoms with Gasteiger partial charge in [-0.3, -0.25) is 9.10 Å². The first kappa shape index (κ1) is 26.0. The summed E-state index contributed by atoms with van der Waals surface area (Å²) in [5.41, 5.74) is 5.88. The van der Waals surface area contributed by atoms with E-state index in [9.17, 15) is 13.2 Å². The number of benzene rings is 3. The summed E-state index contributed by atoms with van der Waals surface area (Å²) < 4.78 is 27.8. The number of rotatable bonds is 11. The van der Waals surface area contributed by atoms with Gasteiger partial charge in [0.2, 0.25) is 0 Å². The van der Waals surface area contributed by atoms with Gasteiger partial charge in [0.15, 0.2) is 0 Å². The highest BCUT2D eigenvalue weighted by atomic mass is 32.2. The first-order valence-corrected chi connectivity index (χ1v) is 13.2. The van der Waals surface area contributed by atoms with Crippen LogP contribution in [0.2, 0.25) is 0 Å². The average Bonchev–Trinajstić information content (AvgIpc) is 2.89. The molecule has 7 nitrogen and oxygen atoms in total. The van der Waals surface area contributed by atoms with Gasteiger partial charge in [0.1, 0.15) is 6.54 Å². The number of amides is 1. The van der Waals surface area contributed by atoms with Crippen molar-refractivity contribution >= 4 is 33.5 Å². The fourth-order valence-electron chi connectivity index (χ4n) is 3.64. The molecule has 184 valence electrons. The Kier molecular flexibility index (Phi) is 9.03. The molecule has 0 aliphatic rings. The zero-order valence-electron chi connectivity index (χ0n) is 20.4. The van der Waals surface area contributed by atoms with Crippen molar-refractivity contribution in [3.05, 3.63) is 90.0 Å². The van der Waals surface area contributed by atoms with E-state index in [-0.39, 0.29) is 4.90 Å². The Morgan fingerprint density at radius 2 is 1.46 bits per heavy atom. The average molecular weight is 493 g/mol. The van der Waals surface area contributed by atoms with E-state index >= 15 is 0 Å². The maximum atomic E-state index is 13.4. The van der Waals surface area contributed by atoms with Crippen molar-refractivity contribution in [3.8, 4) is 0 Å². The first-order chi connectivity index (χ1) is 16.9. The molecule has 0 fully saturated rings. The minimum Gasteiger partial charge on any atom is -0.372 e. The van der Waals surface area contributed by atoms with Crippen LogP contribution >= 0.6 is 0 Å². The summed E-state index contributed by atoms with van der Waals surface area (Å²) in [6.07, 6.45) is 2.37. The van der Waals surface area contributed by atoms with Gasteiger partial charge in [-0.05, 0) is 67.8 Å². The molecule has 0 radical (unpaired) electrons. The lowest BCUT2D eigenvalue weighted by Crippen LogP contribution is -2.39. The maximum Gasteiger partial charge on any atom is 0.264 e. The lowest BCUT2D eigenvalue weighted by Gasteiger charge is -2.24. The number of carbonyl (C=O) groups excluding carboxylic acids is 1. The molecule has 0 aromatic heterocycles. The molecule has 0 unspecified atom stereocenters. The number of nitrogens with one attached hydrogen (secondary N) is 1. The number of sulfonamides is 1. The molecule has 0 saturated carbocycles. The summed E-state index contributed by atoms with van der Waals surface area (Å²) in [5.74, 6) is -0.542. The van der Waals surface area contributed by atoms with Crippen LogP contribution in [0.1, 0.15) is 31.9 Å². The molecular weight excluding hydrogens is 460 g/mol. The van der Waals surface area contributed by atoms with Gasteiger partial charge in [0, 0.05) is 18.8 Å². The minimum absolute atomic E-state index is 0.115. The second-order valence-corrected chi connectivity index (χ2v) is 9.76. The molecule has 0 aliphatic heterocycles. The van der Waals surface area contributed by atoms with Gasteiger partial charge in [-0.15, -0.1) is 0 Å². The molecule has 0 spiro atoms. The molecule has 0 heterocycles. The van der Waals surface area contributed by atoms with Crippen LogP contribution in [0.4, 0.5) is 11.4 Å². The molecular formula is C27H32N4O3S. The van der Waals surface area contributed by atoms with Crippen LogP contribution in [-0.2, 0) is 21.2 Å². The van der Waals surface area contributed by atoms with E-state index in [1.54, 1.807) is 30.3 Å². The predicted octanol–water partition coefficient (Wildman–Crippen LogP) is 4.44. The largest absolute Gasteiger partial charge is 0.372 e. The molecule has 3 aromatic carbocycles. The number of anilines is 2. The van der Waals surface area contributed by atoms with Crippen LogP contribution < -0.4 is 14.6 Å². The van der Waals surface area contributed by atoms with E-state index in [1.807, 2.05) is 43.3 Å². The second-order valence-electron chi connectivity index (χ2n) is 7.90. The van der Waals surface area contributed by atoms with Crippen molar-refractivity contribution in [2.45, 2.75) is 32.1 Å². The summed E-state index contributed by atoms with van der Waals surface area (Å²) in [6.45, 7) is 7.67. The van der Waals surface area contributed by atoms with E-state index < -0.39 is 22.5 Å². The van der Waals surface area contributed by atoms with Crippen molar-refractivity contribution in [1.29, 1.82) is 0 Å². The standard InChI is InChI=1S/C27H32N4O3S/c1-4-22-12-18-25(19-13-22)31(35(33,34)26-10-8-7-9-11-26)21-27(32)29-28-20-23-14-16-24(17-15-23)30(5-2)6-3/h7-20H,4-6,21H2,1-3H3,(H,29,32)/b28-20-. The van der Waals surface area contributed by atoms with E-state index in [1.165, 1.54) is 18.3 Å². The molecule has 3 aromatic rings. The second kappa shape index (κ2) is 12.2. The smallest absolute Gasteiger partial charge is 0.264 e. The van der Waals surface area contributed by atoms with E-state index in [2.05, 4.69) is 29.3 Å². The van der Waals surface area contributed by atoms with Crippen LogP contribution in [0.25, 0.3) is 0 Å². The molecule has 0 bridgehead atoms. The third kappa shape index (κ3) is 6.70. The van der Waals surface area contributed by atoms with Crippen molar-refractivity contribution in [1.82, 2.24) is 5.43 Å². The number of hydrazone groups is 1. The quantitative estimate of drug-likeness (QED) is 0.317. The Hall–Kier alpha value is -3.65. The number of hydrogen-bond acceptors (Lipinski definition) is 5. The Morgan fingerprint density at radius 1 is 0.857 bits per heavy atom. The molecule has 35 heavy (non-hydrogen) atoms. The fourth-order valence-corrected chi connectivity index (χ4v) is 5.08. The van der Waals surface area contributed by atoms with Gasteiger partial charge in [-0.25, -0.2) is 13.8 Å². The van der Waals surface area contributed by atoms with Gasteiger partial charge in [0.05, 0.1) is 16.8 Å². The van der Waals surface area contributed by atoms with Crippen molar-refractivity contribution < 1.29 is 13.2 Å². The van der Waals surface area contributed by atoms with E-state index in [0.717, 1.165) is 40.6 Å². The molecule has 0 saturated heterocycles. The topological polar surface area (TPSA) is 82.1 Å². The molecule has 1 amide bonds. The summed E-state index contributed by atoms with van der Waals surface area (Å²) in [7, 11) is -3.95.